The molecule has 0 aromatic heterocycles. The molecular weight excluding hydrogens is 252 g/mol. The van der Waals surface area contributed by atoms with E-state index < -0.39 is 0 Å². The van der Waals surface area contributed by atoms with Crippen molar-refractivity contribution in [3.05, 3.63) is 29.8 Å². The Morgan fingerprint density at radius 2 is 2.00 bits per heavy atom. The van der Waals surface area contributed by atoms with Gasteiger partial charge in [-0.1, -0.05) is 19.1 Å². The number of benzene rings is 1. The number of carbonyl (C=O) groups excluding carboxylic acids is 1. The van der Waals surface area contributed by atoms with Gasteiger partial charge in [-0.25, -0.2) is 0 Å². The van der Waals surface area contributed by atoms with E-state index in [1.807, 2.05) is 12.1 Å². The molecule has 20 heavy (non-hydrogen) atoms. The van der Waals surface area contributed by atoms with E-state index in [4.69, 9.17) is 10.5 Å². The number of rotatable bonds is 9. The van der Waals surface area contributed by atoms with E-state index >= 15 is 0 Å². The van der Waals surface area contributed by atoms with Gasteiger partial charge in [0.25, 0.3) is 0 Å². The molecule has 4 heteroatoms. The summed E-state index contributed by atoms with van der Waals surface area (Å²) >= 11 is 0. The lowest BCUT2D eigenvalue weighted by atomic mass is 10.1. The summed E-state index contributed by atoms with van der Waals surface area (Å²) in [6.45, 7) is 6.26. The highest BCUT2D eigenvalue weighted by molar-refractivity contribution is 5.73. The first-order valence-electron chi connectivity index (χ1n) is 7.22. The van der Waals surface area contributed by atoms with Crippen LogP contribution in [0.3, 0.4) is 0 Å². The van der Waals surface area contributed by atoms with Crippen LogP contribution in [0.2, 0.25) is 0 Å². The molecule has 112 valence electrons. The molecule has 2 N–H and O–H groups in total. The highest BCUT2D eigenvalue weighted by Gasteiger charge is 2.12. The van der Waals surface area contributed by atoms with Crippen molar-refractivity contribution in [1.29, 1.82) is 0 Å². The number of nitrogens with zero attached hydrogens (tertiary/aromatic N) is 1. The Balaban J connectivity index is 2.48. The monoisotopic (exact) mass is 278 g/mol. The van der Waals surface area contributed by atoms with Gasteiger partial charge in [0.1, 0.15) is 5.75 Å². The summed E-state index contributed by atoms with van der Waals surface area (Å²) in [4.78, 5) is 13.2. The van der Waals surface area contributed by atoms with E-state index in [0.717, 1.165) is 31.7 Å². The van der Waals surface area contributed by atoms with Crippen molar-refractivity contribution in [1.82, 2.24) is 4.90 Å². The van der Waals surface area contributed by atoms with Gasteiger partial charge < -0.3 is 15.4 Å². The zero-order valence-electron chi connectivity index (χ0n) is 12.8. The molecule has 1 aromatic carbocycles. The number of likely N-dealkylation sites (N-methyl/N-ethyl adjacent to an activating group) is 1. The number of carbonyl (C=O) groups is 1. The fourth-order valence-electron chi connectivity index (χ4n) is 2.38. The predicted molar refractivity (Wildman–Crippen MR) is 81.8 cm³/mol. The maximum absolute atomic E-state index is 10.8. The first-order valence-corrected chi connectivity index (χ1v) is 7.22. The van der Waals surface area contributed by atoms with Gasteiger partial charge in [-0.05, 0) is 50.6 Å². The van der Waals surface area contributed by atoms with Crippen LogP contribution in [0, 0.1) is 0 Å². The summed E-state index contributed by atoms with van der Waals surface area (Å²) in [7, 11) is 1.68. The van der Waals surface area contributed by atoms with Gasteiger partial charge in [0.15, 0.2) is 0 Å². The maximum atomic E-state index is 10.8. The summed E-state index contributed by atoms with van der Waals surface area (Å²) in [5.41, 5.74) is 6.48. The third-order valence-corrected chi connectivity index (χ3v) is 3.59. The van der Waals surface area contributed by atoms with Crippen LogP contribution < -0.4 is 10.5 Å². The number of primary amides is 1. The van der Waals surface area contributed by atoms with Crippen molar-refractivity contribution < 1.29 is 9.53 Å². The van der Waals surface area contributed by atoms with Gasteiger partial charge in [0.2, 0.25) is 5.91 Å². The van der Waals surface area contributed by atoms with E-state index in [-0.39, 0.29) is 5.91 Å². The Morgan fingerprint density at radius 3 is 2.50 bits per heavy atom. The minimum Gasteiger partial charge on any atom is -0.497 e. The first kappa shape index (κ1) is 16.5. The Morgan fingerprint density at radius 1 is 1.35 bits per heavy atom. The van der Waals surface area contributed by atoms with Crippen LogP contribution in [0.25, 0.3) is 0 Å². The Labute approximate surface area is 121 Å². The number of hydrogen-bond donors (Lipinski definition) is 1. The van der Waals surface area contributed by atoms with E-state index in [9.17, 15) is 4.79 Å². The third kappa shape index (κ3) is 5.61. The fourth-order valence-corrected chi connectivity index (χ4v) is 2.38. The van der Waals surface area contributed by atoms with Crippen molar-refractivity contribution in [2.75, 3.05) is 20.2 Å². The molecular formula is C16H26N2O2. The van der Waals surface area contributed by atoms with E-state index in [2.05, 4.69) is 30.9 Å². The number of methoxy groups -OCH3 is 1. The summed E-state index contributed by atoms with van der Waals surface area (Å²) in [5.74, 6) is 0.666. The van der Waals surface area contributed by atoms with Gasteiger partial charge in [0.05, 0.1) is 7.11 Å². The predicted octanol–water partition coefficient (Wildman–Crippen LogP) is 2.21. The van der Waals surface area contributed by atoms with Gasteiger partial charge in [0, 0.05) is 12.5 Å². The molecule has 0 fully saturated rings. The number of hydrogen-bond acceptors (Lipinski definition) is 3. The SMILES string of the molecule is CCN(CCCC(N)=O)C(C)Cc1ccc(OC)cc1. The van der Waals surface area contributed by atoms with Gasteiger partial charge in [-0.2, -0.15) is 0 Å². The van der Waals surface area contributed by atoms with Crippen molar-refractivity contribution in [3.8, 4) is 5.75 Å². The quantitative estimate of drug-likeness (QED) is 0.753. The molecule has 1 unspecified atom stereocenters. The molecule has 4 nitrogen and oxygen atoms in total. The molecule has 0 aliphatic carbocycles. The zero-order chi connectivity index (χ0) is 15.0. The molecule has 0 saturated heterocycles. The average molecular weight is 278 g/mol. The second-order valence-corrected chi connectivity index (χ2v) is 5.10. The van der Waals surface area contributed by atoms with E-state index in [1.54, 1.807) is 7.11 Å². The van der Waals surface area contributed by atoms with Crippen molar-refractivity contribution in [2.24, 2.45) is 5.73 Å². The van der Waals surface area contributed by atoms with Crippen molar-refractivity contribution >= 4 is 5.91 Å². The molecule has 0 saturated carbocycles. The summed E-state index contributed by atoms with van der Waals surface area (Å²) in [5, 5.41) is 0. The lowest BCUT2D eigenvalue weighted by Gasteiger charge is -2.27. The van der Waals surface area contributed by atoms with Crippen LogP contribution in [-0.2, 0) is 11.2 Å². The van der Waals surface area contributed by atoms with Crippen molar-refractivity contribution in [2.45, 2.75) is 39.2 Å². The van der Waals surface area contributed by atoms with E-state index in [0.29, 0.717) is 12.5 Å². The standard InChI is InChI=1S/C16H26N2O2/c1-4-18(11-5-6-16(17)19)13(2)12-14-7-9-15(20-3)10-8-14/h7-10,13H,4-6,11-12H2,1-3H3,(H2,17,19). The van der Waals surface area contributed by atoms with Gasteiger partial charge >= 0.3 is 0 Å². The maximum Gasteiger partial charge on any atom is 0.217 e. The molecule has 1 rings (SSSR count). The normalized spacial score (nSPS) is 12.4. The average Bonchev–Trinajstić information content (AvgIpc) is 2.44. The Hall–Kier alpha value is -1.55. The number of nitrogens with two attached hydrogens (primary N) is 1. The number of ether oxygens (including phenoxy) is 1. The molecule has 0 aliphatic heterocycles. The fraction of sp³-hybridized carbons (Fsp3) is 0.562. The summed E-state index contributed by atoms with van der Waals surface area (Å²) in [6.07, 6.45) is 2.29. The molecule has 0 spiro atoms. The van der Waals surface area contributed by atoms with Crippen LogP contribution in [0.1, 0.15) is 32.3 Å². The van der Waals surface area contributed by atoms with Crippen molar-refractivity contribution in [3.63, 3.8) is 0 Å². The summed E-state index contributed by atoms with van der Waals surface area (Å²) in [6, 6.07) is 8.64. The lowest BCUT2D eigenvalue weighted by Crippen LogP contribution is -2.35. The zero-order valence-corrected chi connectivity index (χ0v) is 12.8. The van der Waals surface area contributed by atoms with Gasteiger partial charge in [-0.3, -0.25) is 4.79 Å². The molecule has 0 aliphatic rings. The van der Waals surface area contributed by atoms with Crippen LogP contribution in [-0.4, -0.2) is 37.0 Å². The highest BCUT2D eigenvalue weighted by atomic mass is 16.5. The molecule has 0 heterocycles. The van der Waals surface area contributed by atoms with E-state index in [1.165, 1.54) is 5.56 Å². The van der Waals surface area contributed by atoms with Crippen LogP contribution >= 0.6 is 0 Å². The lowest BCUT2D eigenvalue weighted by molar-refractivity contribution is -0.118. The topological polar surface area (TPSA) is 55.6 Å². The third-order valence-electron chi connectivity index (χ3n) is 3.59. The second-order valence-electron chi connectivity index (χ2n) is 5.10. The molecule has 1 atom stereocenters. The largest absolute Gasteiger partial charge is 0.497 e. The molecule has 1 amide bonds. The smallest absolute Gasteiger partial charge is 0.217 e. The minimum absolute atomic E-state index is 0.219. The minimum atomic E-state index is -0.219. The Bertz CT molecular complexity index is 403. The molecule has 1 aromatic rings. The number of amides is 1. The van der Waals surface area contributed by atoms with Crippen LogP contribution in [0.5, 0.6) is 5.75 Å². The first-order chi connectivity index (χ1) is 9.56. The summed E-state index contributed by atoms with van der Waals surface area (Å²) < 4.78 is 5.16. The van der Waals surface area contributed by atoms with Gasteiger partial charge in [-0.15, -0.1) is 0 Å². The highest BCUT2D eigenvalue weighted by Crippen LogP contribution is 2.14. The molecule has 0 bridgehead atoms. The van der Waals surface area contributed by atoms with Crippen LogP contribution in [0.4, 0.5) is 0 Å². The second kappa shape index (κ2) is 8.59. The Kier molecular flexibility index (Phi) is 7.09. The van der Waals surface area contributed by atoms with Crippen LogP contribution in [0.15, 0.2) is 24.3 Å². The molecule has 0 radical (unpaired) electrons.